The van der Waals surface area contributed by atoms with Crippen molar-refractivity contribution in [2.45, 2.75) is 32.5 Å². The molecule has 1 atom stereocenters. The molecule has 3 heteroatoms. The van der Waals surface area contributed by atoms with Crippen LogP contribution in [0, 0.1) is 0 Å². The van der Waals surface area contributed by atoms with Crippen molar-refractivity contribution >= 4 is 15.9 Å². The van der Waals surface area contributed by atoms with Crippen LogP contribution in [0.2, 0.25) is 0 Å². The van der Waals surface area contributed by atoms with Gasteiger partial charge < -0.3 is 9.84 Å². The molecule has 1 unspecified atom stereocenters. The SMILES string of the molecule is CCOC(C)(C)C(O)CBr. The van der Waals surface area contributed by atoms with Gasteiger partial charge in [-0.3, -0.25) is 0 Å². The lowest BCUT2D eigenvalue weighted by Gasteiger charge is -2.28. The van der Waals surface area contributed by atoms with Crippen molar-refractivity contribution in [2.75, 3.05) is 11.9 Å². The highest BCUT2D eigenvalue weighted by atomic mass is 79.9. The molecular formula is C7H15BrO2. The van der Waals surface area contributed by atoms with E-state index in [0.29, 0.717) is 11.9 Å². The molecule has 2 nitrogen and oxygen atoms in total. The standard InChI is InChI=1S/C7H15BrO2/c1-4-10-7(2,3)6(9)5-8/h6,9H,4-5H2,1-3H3. The lowest BCUT2D eigenvalue weighted by Crippen LogP contribution is -2.40. The third kappa shape index (κ3) is 2.99. The normalized spacial score (nSPS) is 15.3. The molecule has 0 bridgehead atoms. The molecule has 0 fully saturated rings. The largest absolute Gasteiger partial charge is 0.389 e. The molecule has 0 aromatic rings. The molecule has 10 heavy (non-hydrogen) atoms. The van der Waals surface area contributed by atoms with Crippen LogP contribution in [-0.2, 0) is 4.74 Å². The number of aliphatic hydroxyl groups excluding tert-OH is 1. The molecule has 0 saturated heterocycles. The zero-order valence-electron chi connectivity index (χ0n) is 6.72. The molecule has 0 aliphatic carbocycles. The van der Waals surface area contributed by atoms with Crippen LogP contribution < -0.4 is 0 Å². The molecule has 0 aliphatic heterocycles. The van der Waals surface area contributed by atoms with E-state index in [0.717, 1.165) is 0 Å². The van der Waals surface area contributed by atoms with E-state index in [1.165, 1.54) is 0 Å². The predicted octanol–water partition coefficient (Wildman–Crippen LogP) is 1.56. The Hall–Kier alpha value is 0.400. The van der Waals surface area contributed by atoms with Gasteiger partial charge in [-0.1, -0.05) is 15.9 Å². The second kappa shape index (κ2) is 4.31. The molecule has 0 aromatic heterocycles. The summed E-state index contributed by atoms with van der Waals surface area (Å²) in [5.74, 6) is 0. The topological polar surface area (TPSA) is 29.5 Å². The Morgan fingerprint density at radius 1 is 1.60 bits per heavy atom. The first-order valence-corrected chi connectivity index (χ1v) is 4.54. The van der Waals surface area contributed by atoms with Gasteiger partial charge in [0.1, 0.15) is 0 Å². The maximum absolute atomic E-state index is 9.34. The third-order valence-corrected chi connectivity index (χ3v) is 2.08. The Labute approximate surface area is 70.7 Å². The number of alkyl halides is 1. The number of rotatable bonds is 4. The highest BCUT2D eigenvalue weighted by Gasteiger charge is 2.26. The van der Waals surface area contributed by atoms with Crippen molar-refractivity contribution in [3.05, 3.63) is 0 Å². The van der Waals surface area contributed by atoms with Crippen LogP contribution in [0.1, 0.15) is 20.8 Å². The fraction of sp³-hybridized carbons (Fsp3) is 1.00. The average Bonchev–Trinajstić information content (AvgIpc) is 1.86. The minimum atomic E-state index is -0.438. The predicted molar refractivity (Wildman–Crippen MR) is 45.5 cm³/mol. The molecule has 0 spiro atoms. The van der Waals surface area contributed by atoms with Crippen LogP contribution in [0.5, 0.6) is 0 Å². The molecule has 0 aliphatic rings. The van der Waals surface area contributed by atoms with Gasteiger partial charge in [0.15, 0.2) is 0 Å². The summed E-state index contributed by atoms with van der Waals surface area (Å²) < 4.78 is 5.30. The zero-order valence-corrected chi connectivity index (χ0v) is 8.31. The van der Waals surface area contributed by atoms with Crippen molar-refractivity contribution in [3.8, 4) is 0 Å². The maximum atomic E-state index is 9.34. The number of halogens is 1. The summed E-state index contributed by atoms with van der Waals surface area (Å²) in [5.41, 5.74) is -0.432. The number of hydrogen-bond acceptors (Lipinski definition) is 2. The minimum absolute atomic E-state index is 0.432. The van der Waals surface area contributed by atoms with Gasteiger partial charge in [0.05, 0.1) is 11.7 Å². The van der Waals surface area contributed by atoms with Gasteiger partial charge in [-0.05, 0) is 20.8 Å². The Bertz CT molecular complexity index is 93.6. The second-order valence-electron chi connectivity index (χ2n) is 2.71. The van der Waals surface area contributed by atoms with Crippen molar-refractivity contribution < 1.29 is 9.84 Å². The molecule has 0 amide bonds. The highest BCUT2D eigenvalue weighted by molar-refractivity contribution is 9.09. The summed E-state index contributed by atoms with van der Waals surface area (Å²) in [4.78, 5) is 0. The quantitative estimate of drug-likeness (QED) is 0.715. The Kier molecular flexibility index (Phi) is 4.49. The van der Waals surface area contributed by atoms with Crippen LogP contribution in [0.15, 0.2) is 0 Å². The van der Waals surface area contributed by atoms with Crippen LogP contribution >= 0.6 is 15.9 Å². The molecule has 0 saturated carbocycles. The monoisotopic (exact) mass is 210 g/mol. The highest BCUT2D eigenvalue weighted by Crippen LogP contribution is 2.15. The van der Waals surface area contributed by atoms with Crippen LogP contribution in [-0.4, -0.2) is 28.7 Å². The number of hydrogen-bond donors (Lipinski definition) is 1. The van der Waals surface area contributed by atoms with Gasteiger partial charge in [0, 0.05) is 11.9 Å². The first kappa shape index (κ1) is 10.4. The zero-order chi connectivity index (χ0) is 8.20. The first-order valence-electron chi connectivity index (χ1n) is 3.42. The van der Waals surface area contributed by atoms with E-state index < -0.39 is 11.7 Å². The molecule has 0 aromatic carbocycles. The Balaban J connectivity index is 3.82. The fourth-order valence-corrected chi connectivity index (χ4v) is 1.43. The van der Waals surface area contributed by atoms with Crippen molar-refractivity contribution in [1.29, 1.82) is 0 Å². The van der Waals surface area contributed by atoms with E-state index in [9.17, 15) is 5.11 Å². The lowest BCUT2D eigenvalue weighted by atomic mass is 10.0. The van der Waals surface area contributed by atoms with E-state index >= 15 is 0 Å². The third-order valence-electron chi connectivity index (χ3n) is 1.46. The Morgan fingerprint density at radius 2 is 2.10 bits per heavy atom. The molecule has 0 rings (SSSR count). The first-order chi connectivity index (χ1) is 4.54. The summed E-state index contributed by atoms with van der Waals surface area (Å²) in [6.07, 6.45) is -0.438. The van der Waals surface area contributed by atoms with Crippen LogP contribution in [0.3, 0.4) is 0 Å². The molecule has 0 heterocycles. The van der Waals surface area contributed by atoms with Crippen LogP contribution in [0.4, 0.5) is 0 Å². The van der Waals surface area contributed by atoms with E-state index in [4.69, 9.17) is 4.74 Å². The summed E-state index contributed by atoms with van der Waals surface area (Å²) in [6, 6.07) is 0. The van der Waals surface area contributed by atoms with Crippen LogP contribution in [0.25, 0.3) is 0 Å². The Morgan fingerprint density at radius 3 is 2.40 bits per heavy atom. The van der Waals surface area contributed by atoms with Gasteiger partial charge in [0.2, 0.25) is 0 Å². The minimum Gasteiger partial charge on any atom is -0.389 e. The maximum Gasteiger partial charge on any atom is 0.0920 e. The summed E-state index contributed by atoms with van der Waals surface area (Å²) >= 11 is 3.19. The summed E-state index contributed by atoms with van der Waals surface area (Å²) in [6.45, 7) is 6.31. The molecule has 62 valence electrons. The smallest absolute Gasteiger partial charge is 0.0920 e. The molecular weight excluding hydrogens is 196 g/mol. The van der Waals surface area contributed by atoms with E-state index in [1.54, 1.807) is 0 Å². The average molecular weight is 211 g/mol. The fourth-order valence-electron chi connectivity index (χ4n) is 0.654. The second-order valence-corrected chi connectivity index (χ2v) is 3.35. The van der Waals surface area contributed by atoms with Gasteiger partial charge in [0.25, 0.3) is 0 Å². The van der Waals surface area contributed by atoms with Gasteiger partial charge in [-0.2, -0.15) is 0 Å². The lowest BCUT2D eigenvalue weighted by molar-refractivity contribution is -0.0863. The summed E-state index contributed by atoms with van der Waals surface area (Å²) in [7, 11) is 0. The number of ether oxygens (including phenoxy) is 1. The summed E-state index contributed by atoms with van der Waals surface area (Å²) in [5, 5.41) is 9.90. The molecule has 1 N–H and O–H groups in total. The van der Waals surface area contributed by atoms with Crippen molar-refractivity contribution in [2.24, 2.45) is 0 Å². The van der Waals surface area contributed by atoms with E-state index in [2.05, 4.69) is 15.9 Å². The van der Waals surface area contributed by atoms with Gasteiger partial charge in [-0.15, -0.1) is 0 Å². The van der Waals surface area contributed by atoms with E-state index in [-0.39, 0.29) is 0 Å². The van der Waals surface area contributed by atoms with Gasteiger partial charge >= 0.3 is 0 Å². The van der Waals surface area contributed by atoms with Crippen molar-refractivity contribution in [1.82, 2.24) is 0 Å². The van der Waals surface area contributed by atoms with E-state index in [1.807, 2.05) is 20.8 Å². The molecule has 0 radical (unpaired) electrons. The number of aliphatic hydroxyl groups is 1. The van der Waals surface area contributed by atoms with Crippen molar-refractivity contribution in [3.63, 3.8) is 0 Å². The van der Waals surface area contributed by atoms with Gasteiger partial charge in [-0.25, -0.2) is 0 Å².